The van der Waals surface area contributed by atoms with Crippen molar-refractivity contribution in [3.8, 4) is 0 Å². The Morgan fingerprint density at radius 2 is 1.89 bits per heavy atom. The second-order valence-electron chi connectivity index (χ2n) is 5.02. The summed E-state index contributed by atoms with van der Waals surface area (Å²) >= 11 is 3.46. The number of likely N-dealkylation sites (N-methyl/N-ethyl adjacent to an activating group) is 1. The molecule has 1 aromatic carbocycles. The van der Waals surface area contributed by atoms with Crippen molar-refractivity contribution in [3.05, 3.63) is 34.3 Å². The van der Waals surface area contributed by atoms with E-state index in [1.54, 1.807) is 0 Å². The second kappa shape index (κ2) is 6.15. The van der Waals surface area contributed by atoms with Gasteiger partial charge in [-0.3, -0.25) is 4.90 Å². The van der Waals surface area contributed by atoms with Crippen LogP contribution in [-0.4, -0.2) is 37.2 Å². The van der Waals surface area contributed by atoms with Crippen molar-refractivity contribution in [2.75, 3.05) is 26.8 Å². The van der Waals surface area contributed by atoms with Crippen LogP contribution in [0.25, 0.3) is 0 Å². The molecule has 2 rings (SSSR count). The van der Waals surface area contributed by atoms with Crippen molar-refractivity contribution < 1.29 is 4.74 Å². The van der Waals surface area contributed by atoms with Crippen LogP contribution in [0.2, 0.25) is 0 Å². The topological polar surface area (TPSA) is 38.5 Å². The van der Waals surface area contributed by atoms with E-state index in [-0.39, 0.29) is 5.54 Å². The van der Waals surface area contributed by atoms with Crippen LogP contribution in [0.5, 0.6) is 0 Å². The van der Waals surface area contributed by atoms with Gasteiger partial charge in [0.1, 0.15) is 0 Å². The number of rotatable bonds is 4. The Hall–Kier alpha value is -0.420. The third-order valence-corrected chi connectivity index (χ3v) is 4.47. The predicted octanol–water partition coefficient (Wildman–Crippen LogP) is 2.39. The van der Waals surface area contributed by atoms with Crippen molar-refractivity contribution in [3.63, 3.8) is 0 Å². The zero-order valence-corrected chi connectivity index (χ0v) is 12.4. The molecule has 0 bridgehead atoms. The summed E-state index contributed by atoms with van der Waals surface area (Å²) in [4.78, 5) is 2.39. The summed E-state index contributed by atoms with van der Waals surface area (Å²) in [7, 11) is 2.17. The van der Waals surface area contributed by atoms with Gasteiger partial charge in [0.2, 0.25) is 0 Å². The molecule has 1 heterocycles. The first kappa shape index (κ1) is 14.0. The number of benzene rings is 1. The molecule has 4 heteroatoms. The fourth-order valence-electron chi connectivity index (χ4n) is 2.52. The minimum atomic E-state index is 0.103. The molecular formula is C14H21BrN2O. The van der Waals surface area contributed by atoms with Gasteiger partial charge in [-0.15, -0.1) is 0 Å². The number of ether oxygens (including phenoxy) is 1. The molecule has 1 fully saturated rings. The molecule has 100 valence electrons. The van der Waals surface area contributed by atoms with E-state index >= 15 is 0 Å². The van der Waals surface area contributed by atoms with Crippen LogP contribution in [0.3, 0.4) is 0 Å². The monoisotopic (exact) mass is 312 g/mol. The molecule has 18 heavy (non-hydrogen) atoms. The minimum Gasteiger partial charge on any atom is -0.381 e. The van der Waals surface area contributed by atoms with Gasteiger partial charge in [-0.2, -0.15) is 0 Å². The molecule has 0 saturated carbocycles. The maximum atomic E-state index is 6.01. The van der Waals surface area contributed by atoms with Gasteiger partial charge in [0.15, 0.2) is 0 Å². The summed E-state index contributed by atoms with van der Waals surface area (Å²) in [5, 5.41) is 0. The number of nitrogens with zero attached hydrogens (tertiary/aromatic N) is 1. The molecule has 0 spiro atoms. The van der Waals surface area contributed by atoms with Gasteiger partial charge in [0.25, 0.3) is 0 Å². The third-order valence-electron chi connectivity index (χ3n) is 3.95. The lowest BCUT2D eigenvalue weighted by molar-refractivity contribution is -0.0163. The van der Waals surface area contributed by atoms with Gasteiger partial charge in [0, 0.05) is 36.3 Å². The molecule has 1 aliphatic rings. The lowest BCUT2D eigenvalue weighted by Gasteiger charge is -2.44. The Bertz CT molecular complexity index is 374. The number of nitrogens with two attached hydrogens (primary N) is 1. The van der Waals surface area contributed by atoms with Crippen molar-refractivity contribution in [1.29, 1.82) is 0 Å². The highest BCUT2D eigenvalue weighted by Gasteiger charge is 2.35. The average Bonchev–Trinajstić information content (AvgIpc) is 2.42. The first-order valence-corrected chi connectivity index (χ1v) is 7.19. The second-order valence-corrected chi connectivity index (χ2v) is 5.94. The summed E-state index contributed by atoms with van der Waals surface area (Å²) in [6.07, 6.45) is 2.05. The molecule has 1 saturated heterocycles. The number of hydrogen-bond donors (Lipinski definition) is 1. The third kappa shape index (κ3) is 3.12. The van der Waals surface area contributed by atoms with E-state index in [9.17, 15) is 0 Å². The van der Waals surface area contributed by atoms with E-state index < -0.39 is 0 Å². The van der Waals surface area contributed by atoms with Gasteiger partial charge in [-0.05, 0) is 37.6 Å². The van der Waals surface area contributed by atoms with E-state index in [1.165, 1.54) is 5.56 Å². The van der Waals surface area contributed by atoms with Crippen molar-refractivity contribution in [2.45, 2.75) is 24.9 Å². The maximum Gasteiger partial charge on any atom is 0.0484 e. The predicted molar refractivity (Wildman–Crippen MR) is 77.4 cm³/mol. The fraction of sp³-hybridized carbons (Fsp3) is 0.571. The molecule has 0 atom stereocenters. The van der Waals surface area contributed by atoms with Crippen LogP contribution >= 0.6 is 15.9 Å². The van der Waals surface area contributed by atoms with Crippen molar-refractivity contribution >= 4 is 15.9 Å². The highest BCUT2D eigenvalue weighted by molar-refractivity contribution is 9.10. The Morgan fingerprint density at radius 3 is 2.44 bits per heavy atom. The summed E-state index contributed by atoms with van der Waals surface area (Å²) < 4.78 is 6.57. The number of hydrogen-bond acceptors (Lipinski definition) is 3. The largest absolute Gasteiger partial charge is 0.381 e. The smallest absolute Gasteiger partial charge is 0.0484 e. The Morgan fingerprint density at radius 1 is 1.28 bits per heavy atom. The summed E-state index contributed by atoms with van der Waals surface area (Å²) in [6, 6.07) is 8.48. The Balaban J connectivity index is 2.05. The molecule has 0 amide bonds. The molecule has 3 nitrogen and oxygen atoms in total. The summed E-state index contributed by atoms with van der Waals surface area (Å²) in [5.74, 6) is 0. The number of halogens is 1. The lowest BCUT2D eigenvalue weighted by atomic mass is 9.88. The first-order chi connectivity index (χ1) is 8.66. The zero-order chi connectivity index (χ0) is 13.0. The van der Waals surface area contributed by atoms with E-state index in [4.69, 9.17) is 10.5 Å². The summed E-state index contributed by atoms with van der Waals surface area (Å²) in [5.41, 5.74) is 7.43. The standard InChI is InChI=1S/C14H21BrN2O/c1-17(10-12-2-4-13(15)5-3-12)14(11-16)6-8-18-9-7-14/h2-5H,6-11,16H2,1H3. The highest BCUT2D eigenvalue weighted by atomic mass is 79.9. The van der Waals surface area contributed by atoms with E-state index in [1.807, 2.05) is 0 Å². The highest BCUT2D eigenvalue weighted by Crippen LogP contribution is 2.27. The fourth-order valence-corrected chi connectivity index (χ4v) is 2.79. The molecule has 0 aliphatic carbocycles. The zero-order valence-electron chi connectivity index (χ0n) is 10.9. The molecule has 1 aliphatic heterocycles. The van der Waals surface area contributed by atoms with Gasteiger partial charge < -0.3 is 10.5 Å². The SMILES string of the molecule is CN(Cc1ccc(Br)cc1)C1(CN)CCOCC1. The van der Waals surface area contributed by atoms with Gasteiger partial charge in [-0.25, -0.2) is 0 Å². The minimum absolute atomic E-state index is 0.103. The van der Waals surface area contributed by atoms with Crippen LogP contribution in [0, 0.1) is 0 Å². The molecule has 0 radical (unpaired) electrons. The van der Waals surface area contributed by atoms with E-state index in [0.29, 0.717) is 6.54 Å². The molecular weight excluding hydrogens is 292 g/mol. The summed E-state index contributed by atoms with van der Waals surface area (Å²) in [6.45, 7) is 3.28. The molecule has 2 N–H and O–H groups in total. The van der Waals surface area contributed by atoms with Gasteiger partial charge in [-0.1, -0.05) is 28.1 Å². The quantitative estimate of drug-likeness (QED) is 0.927. The van der Waals surface area contributed by atoms with E-state index in [0.717, 1.165) is 37.1 Å². The molecule has 1 aromatic rings. The van der Waals surface area contributed by atoms with Crippen molar-refractivity contribution in [2.24, 2.45) is 5.73 Å². The van der Waals surface area contributed by atoms with Crippen LogP contribution < -0.4 is 5.73 Å². The van der Waals surface area contributed by atoms with Crippen LogP contribution in [0.4, 0.5) is 0 Å². The van der Waals surface area contributed by atoms with Gasteiger partial charge in [0.05, 0.1) is 0 Å². The van der Waals surface area contributed by atoms with Crippen LogP contribution in [0.15, 0.2) is 28.7 Å². The Labute approximate surface area is 117 Å². The van der Waals surface area contributed by atoms with Crippen LogP contribution in [-0.2, 0) is 11.3 Å². The molecule has 0 unspecified atom stereocenters. The van der Waals surface area contributed by atoms with E-state index in [2.05, 4.69) is 52.1 Å². The van der Waals surface area contributed by atoms with Crippen molar-refractivity contribution in [1.82, 2.24) is 4.90 Å². The normalized spacial score (nSPS) is 19.1. The Kier molecular flexibility index (Phi) is 4.78. The van der Waals surface area contributed by atoms with Gasteiger partial charge >= 0.3 is 0 Å². The average molecular weight is 313 g/mol. The maximum absolute atomic E-state index is 6.01. The lowest BCUT2D eigenvalue weighted by Crippen LogP contribution is -2.54. The first-order valence-electron chi connectivity index (χ1n) is 6.40. The van der Waals surface area contributed by atoms with Crippen LogP contribution in [0.1, 0.15) is 18.4 Å². The molecule has 0 aromatic heterocycles.